The number of aliphatic imine (C=N–C) groups is 1. The zero-order valence-corrected chi connectivity index (χ0v) is 13.5. The van der Waals surface area contributed by atoms with Gasteiger partial charge in [-0.3, -0.25) is 4.99 Å². The van der Waals surface area contributed by atoms with E-state index < -0.39 is 0 Å². The molecule has 0 saturated heterocycles. The van der Waals surface area contributed by atoms with Crippen LogP contribution in [0.2, 0.25) is 0 Å². The molecule has 2 N–H and O–H groups in total. The first-order chi connectivity index (χ1) is 8.92. The zero-order valence-electron chi connectivity index (χ0n) is 12.7. The molecule has 1 aromatic rings. The lowest BCUT2D eigenvalue weighted by atomic mass is 10.1. The molecule has 1 aromatic heterocycles. The Morgan fingerprint density at radius 2 is 2.11 bits per heavy atom. The third-order valence-electron chi connectivity index (χ3n) is 2.64. The fraction of sp³-hybridized carbons (Fsp3) is 0.643. The Labute approximate surface area is 120 Å². The van der Waals surface area contributed by atoms with Crippen molar-refractivity contribution in [1.29, 1.82) is 0 Å². The molecule has 0 saturated carbocycles. The molecule has 0 fully saturated rings. The highest BCUT2D eigenvalue weighted by Crippen LogP contribution is 2.08. The quantitative estimate of drug-likeness (QED) is 0.494. The summed E-state index contributed by atoms with van der Waals surface area (Å²) in [5.74, 6) is 0.932. The molecule has 0 bridgehead atoms. The van der Waals surface area contributed by atoms with Crippen LogP contribution < -0.4 is 10.6 Å². The number of nitrogens with zero attached hydrogens (tertiary/aromatic N) is 2. The van der Waals surface area contributed by atoms with E-state index in [4.69, 9.17) is 0 Å². The molecule has 19 heavy (non-hydrogen) atoms. The van der Waals surface area contributed by atoms with Crippen LogP contribution in [0, 0.1) is 0 Å². The number of hydrogen-bond acceptors (Lipinski definition) is 3. The summed E-state index contributed by atoms with van der Waals surface area (Å²) in [6.45, 7) is 9.20. The molecule has 0 aliphatic rings. The van der Waals surface area contributed by atoms with Gasteiger partial charge in [0.15, 0.2) is 5.96 Å². The maximum atomic E-state index is 4.31. The lowest BCUT2D eigenvalue weighted by Crippen LogP contribution is -2.44. The van der Waals surface area contributed by atoms with Gasteiger partial charge in [-0.05, 0) is 43.2 Å². The molecule has 0 radical (unpaired) electrons. The summed E-state index contributed by atoms with van der Waals surface area (Å²) in [5.41, 5.74) is 1.48. The average molecular weight is 282 g/mol. The van der Waals surface area contributed by atoms with E-state index in [0.29, 0.717) is 0 Å². The van der Waals surface area contributed by atoms with Crippen molar-refractivity contribution in [2.45, 2.75) is 32.9 Å². The van der Waals surface area contributed by atoms with Gasteiger partial charge in [0.2, 0.25) is 0 Å². The number of guanidine groups is 1. The van der Waals surface area contributed by atoms with Gasteiger partial charge in [-0.1, -0.05) is 0 Å². The molecular formula is C14H26N4S. The van der Waals surface area contributed by atoms with Crippen LogP contribution >= 0.6 is 11.3 Å². The highest BCUT2D eigenvalue weighted by molar-refractivity contribution is 7.07. The fourth-order valence-electron chi connectivity index (χ4n) is 1.73. The van der Waals surface area contributed by atoms with E-state index in [1.807, 2.05) is 7.05 Å². The monoisotopic (exact) mass is 282 g/mol. The summed E-state index contributed by atoms with van der Waals surface area (Å²) in [7, 11) is 3.88. The third-order valence-corrected chi connectivity index (χ3v) is 3.37. The van der Waals surface area contributed by atoms with E-state index in [1.54, 1.807) is 11.3 Å². The zero-order chi connectivity index (χ0) is 14.3. The number of hydrogen-bond donors (Lipinski definition) is 2. The Balaban J connectivity index is 2.33. The first kappa shape index (κ1) is 16.0. The van der Waals surface area contributed by atoms with Crippen molar-refractivity contribution in [3.63, 3.8) is 0 Å². The summed E-state index contributed by atoms with van der Waals surface area (Å²) in [4.78, 5) is 6.45. The lowest BCUT2D eigenvalue weighted by molar-refractivity contribution is 0.422. The van der Waals surface area contributed by atoms with Gasteiger partial charge < -0.3 is 15.5 Å². The van der Waals surface area contributed by atoms with E-state index in [0.717, 1.165) is 25.6 Å². The standard InChI is InChI=1S/C14H26N4S/c1-14(2,3)17-8-7-16-13(15-4)18(5)10-12-6-9-19-11-12/h6,9,11,17H,7-8,10H2,1-5H3,(H,15,16). The molecule has 4 nitrogen and oxygen atoms in total. The molecule has 0 amide bonds. The van der Waals surface area contributed by atoms with Gasteiger partial charge in [-0.15, -0.1) is 0 Å². The van der Waals surface area contributed by atoms with Crippen molar-refractivity contribution in [1.82, 2.24) is 15.5 Å². The van der Waals surface area contributed by atoms with Crippen LogP contribution in [0.4, 0.5) is 0 Å². The fourth-order valence-corrected chi connectivity index (χ4v) is 2.39. The first-order valence-corrected chi connectivity index (χ1v) is 7.54. The number of thiophene rings is 1. The van der Waals surface area contributed by atoms with Crippen LogP contribution in [0.3, 0.4) is 0 Å². The molecule has 0 aliphatic heterocycles. The van der Waals surface area contributed by atoms with Crippen LogP contribution in [0.15, 0.2) is 21.8 Å². The van der Waals surface area contributed by atoms with E-state index in [-0.39, 0.29) is 5.54 Å². The van der Waals surface area contributed by atoms with Gasteiger partial charge in [-0.25, -0.2) is 0 Å². The highest BCUT2D eigenvalue weighted by Gasteiger charge is 2.09. The van der Waals surface area contributed by atoms with Gasteiger partial charge in [0.05, 0.1) is 0 Å². The molecule has 0 aliphatic carbocycles. The van der Waals surface area contributed by atoms with Gasteiger partial charge in [0, 0.05) is 39.3 Å². The molecule has 1 heterocycles. The second kappa shape index (κ2) is 7.50. The molecule has 0 spiro atoms. The molecule has 0 unspecified atom stereocenters. The Hall–Kier alpha value is -1.07. The lowest BCUT2D eigenvalue weighted by Gasteiger charge is -2.24. The van der Waals surface area contributed by atoms with Crippen molar-refractivity contribution >= 4 is 17.3 Å². The summed E-state index contributed by atoms with van der Waals surface area (Å²) in [5, 5.41) is 11.1. The average Bonchev–Trinajstić information content (AvgIpc) is 2.80. The third kappa shape index (κ3) is 6.59. The van der Waals surface area contributed by atoms with Crippen LogP contribution in [-0.4, -0.2) is 43.6 Å². The first-order valence-electron chi connectivity index (χ1n) is 6.60. The molecular weight excluding hydrogens is 256 g/mol. The molecule has 5 heteroatoms. The minimum absolute atomic E-state index is 0.160. The smallest absolute Gasteiger partial charge is 0.193 e. The summed E-state index contributed by atoms with van der Waals surface area (Å²) >= 11 is 1.73. The Morgan fingerprint density at radius 3 is 2.63 bits per heavy atom. The van der Waals surface area contributed by atoms with Crippen LogP contribution in [0.25, 0.3) is 0 Å². The van der Waals surface area contributed by atoms with Crippen LogP contribution in [-0.2, 0) is 6.54 Å². The largest absolute Gasteiger partial charge is 0.355 e. The van der Waals surface area contributed by atoms with Crippen LogP contribution in [0.1, 0.15) is 26.3 Å². The Kier molecular flexibility index (Phi) is 6.31. The van der Waals surface area contributed by atoms with Gasteiger partial charge in [-0.2, -0.15) is 11.3 Å². The van der Waals surface area contributed by atoms with Crippen LogP contribution in [0.5, 0.6) is 0 Å². The van der Waals surface area contributed by atoms with Crippen molar-refractivity contribution in [3.8, 4) is 0 Å². The summed E-state index contributed by atoms with van der Waals surface area (Å²) < 4.78 is 0. The minimum atomic E-state index is 0.160. The number of nitrogens with one attached hydrogen (secondary N) is 2. The van der Waals surface area contributed by atoms with E-state index in [1.165, 1.54) is 5.56 Å². The van der Waals surface area contributed by atoms with Gasteiger partial charge in [0.1, 0.15) is 0 Å². The predicted molar refractivity (Wildman–Crippen MR) is 84.9 cm³/mol. The second-order valence-electron chi connectivity index (χ2n) is 5.64. The SMILES string of the molecule is CN=C(NCCNC(C)(C)C)N(C)Cc1ccsc1. The molecule has 0 aromatic carbocycles. The van der Waals surface area contributed by atoms with Gasteiger partial charge >= 0.3 is 0 Å². The minimum Gasteiger partial charge on any atom is -0.355 e. The highest BCUT2D eigenvalue weighted by atomic mass is 32.1. The Morgan fingerprint density at radius 1 is 1.37 bits per heavy atom. The maximum absolute atomic E-state index is 4.31. The maximum Gasteiger partial charge on any atom is 0.193 e. The van der Waals surface area contributed by atoms with Crippen molar-refractivity contribution in [3.05, 3.63) is 22.4 Å². The van der Waals surface area contributed by atoms with Crippen molar-refractivity contribution < 1.29 is 0 Å². The molecule has 1 rings (SSSR count). The topological polar surface area (TPSA) is 39.7 Å². The normalized spacial score (nSPS) is 12.6. The molecule has 0 atom stereocenters. The number of rotatable bonds is 5. The van der Waals surface area contributed by atoms with E-state index in [9.17, 15) is 0 Å². The summed E-state index contributed by atoms with van der Waals surface area (Å²) in [6, 6.07) is 2.15. The predicted octanol–water partition coefficient (Wildman–Crippen LogP) is 2.14. The Bertz CT molecular complexity index is 379. The van der Waals surface area contributed by atoms with E-state index >= 15 is 0 Å². The second-order valence-corrected chi connectivity index (χ2v) is 6.42. The van der Waals surface area contributed by atoms with E-state index in [2.05, 4.69) is 65.2 Å². The van der Waals surface area contributed by atoms with Gasteiger partial charge in [0.25, 0.3) is 0 Å². The van der Waals surface area contributed by atoms with Crippen molar-refractivity contribution in [2.24, 2.45) is 4.99 Å². The summed E-state index contributed by atoms with van der Waals surface area (Å²) in [6.07, 6.45) is 0. The molecule has 108 valence electrons. The van der Waals surface area contributed by atoms with Crippen molar-refractivity contribution in [2.75, 3.05) is 27.2 Å².